The second kappa shape index (κ2) is 5.63. The number of carbonyl (C=O) groups is 1. The van der Waals surface area contributed by atoms with E-state index in [1.165, 1.54) is 0 Å². The van der Waals surface area contributed by atoms with E-state index in [1.807, 2.05) is 17.5 Å². The van der Waals surface area contributed by atoms with Gasteiger partial charge in [0.15, 0.2) is 0 Å². The highest BCUT2D eigenvalue weighted by Gasteiger charge is 2.25. The van der Waals surface area contributed by atoms with Crippen LogP contribution in [0.15, 0.2) is 29.1 Å². The number of thiazole rings is 1. The van der Waals surface area contributed by atoms with Gasteiger partial charge in [0.05, 0.1) is 17.2 Å². The summed E-state index contributed by atoms with van der Waals surface area (Å²) in [6.07, 6.45) is 2.80. The summed E-state index contributed by atoms with van der Waals surface area (Å²) in [4.78, 5) is 16.2. The molecule has 0 radical (unpaired) electrons. The number of hydrogen-bond donors (Lipinski definition) is 2. The van der Waals surface area contributed by atoms with Crippen molar-refractivity contribution in [1.29, 1.82) is 0 Å². The lowest BCUT2D eigenvalue weighted by atomic mass is 10.1. The Hall–Kier alpha value is -1.88. The molecule has 0 fully saturated rings. The molecule has 2 aromatic rings. The van der Waals surface area contributed by atoms with Crippen LogP contribution in [0.5, 0.6) is 5.75 Å². The lowest BCUT2D eigenvalue weighted by molar-refractivity contribution is -0.121. The third-order valence-corrected chi connectivity index (χ3v) is 4.31. The maximum atomic E-state index is 12.0. The van der Waals surface area contributed by atoms with Crippen LogP contribution in [0.2, 0.25) is 0 Å². The number of amides is 1. The van der Waals surface area contributed by atoms with Gasteiger partial charge in [-0.3, -0.25) is 4.79 Å². The number of nitrogens with one attached hydrogen (secondary N) is 1. The van der Waals surface area contributed by atoms with Gasteiger partial charge in [0.2, 0.25) is 5.91 Å². The van der Waals surface area contributed by atoms with Gasteiger partial charge in [0.25, 0.3) is 0 Å². The standard InChI is InChI=1S/C15H16N2O2S/c18-14-3-1-2-11-12(14)5-6-13(11)17-15(19)7-4-10-8-20-9-16-10/h1-3,8-9,13,18H,4-7H2,(H,17,19)/t13-/m1/s1. The lowest BCUT2D eigenvalue weighted by Gasteiger charge is -2.14. The van der Waals surface area contributed by atoms with Crippen molar-refractivity contribution in [3.05, 3.63) is 45.9 Å². The molecule has 0 unspecified atom stereocenters. The van der Waals surface area contributed by atoms with Gasteiger partial charge in [-0.15, -0.1) is 11.3 Å². The molecular formula is C15H16N2O2S. The monoisotopic (exact) mass is 288 g/mol. The molecule has 0 aliphatic heterocycles. The van der Waals surface area contributed by atoms with E-state index in [9.17, 15) is 9.90 Å². The Morgan fingerprint density at radius 1 is 1.50 bits per heavy atom. The number of rotatable bonds is 4. The summed E-state index contributed by atoms with van der Waals surface area (Å²) in [6.45, 7) is 0. The van der Waals surface area contributed by atoms with Crippen molar-refractivity contribution in [2.45, 2.75) is 31.7 Å². The molecular weight excluding hydrogens is 272 g/mol. The van der Waals surface area contributed by atoms with Crippen molar-refractivity contribution in [1.82, 2.24) is 10.3 Å². The predicted octanol–water partition coefficient (Wildman–Crippen LogP) is 2.59. The quantitative estimate of drug-likeness (QED) is 0.909. The Labute approximate surface area is 121 Å². The minimum absolute atomic E-state index is 0.0278. The van der Waals surface area contributed by atoms with Crippen LogP contribution < -0.4 is 5.32 Å². The van der Waals surface area contributed by atoms with Crippen molar-refractivity contribution in [2.75, 3.05) is 0 Å². The third-order valence-electron chi connectivity index (χ3n) is 3.67. The van der Waals surface area contributed by atoms with Crippen LogP contribution in [0.3, 0.4) is 0 Å². The molecule has 1 heterocycles. The van der Waals surface area contributed by atoms with Crippen LogP contribution in [0.4, 0.5) is 0 Å². The fraction of sp³-hybridized carbons (Fsp3) is 0.333. The topological polar surface area (TPSA) is 62.2 Å². The number of aromatic hydroxyl groups is 1. The molecule has 104 valence electrons. The first-order chi connectivity index (χ1) is 9.74. The van der Waals surface area contributed by atoms with Crippen molar-refractivity contribution in [3.8, 4) is 5.75 Å². The summed E-state index contributed by atoms with van der Waals surface area (Å²) in [6, 6.07) is 5.53. The predicted molar refractivity (Wildman–Crippen MR) is 77.7 cm³/mol. The van der Waals surface area contributed by atoms with Gasteiger partial charge in [0, 0.05) is 11.8 Å². The van der Waals surface area contributed by atoms with Crippen LogP contribution in [0.1, 0.15) is 35.7 Å². The zero-order valence-electron chi connectivity index (χ0n) is 11.0. The average molecular weight is 288 g/mol. The summed E-state index contributed by atoms with van der Waals surface area (Å²) in [7, 11) is 0. The molecule has 1 aromatic carbocycles. The van der Waals surface area contributed by atoms with Gasteiger partial charge in [-0.1, -0.05) is 12.1 Å². The number of phenols is 1. The number of aromatic nitrogens is 1. The first kappa shape index (κ1) is 13.1. The summed E-state index contributed by atoms with van der Waals surface area (Å²) in [5.74, 6) is 0.376. The fourth-order valence-electron chi connectivity index (χ4n) is 2.65. The van der Waals surface area contributed by atoms with Crippen molar-refractivity contribution in [2.24, 2.45) is 0 Å². The molecule has 0 saturated carbocycles. The molecule has 4 nitrogen and oxygen atoms in total. The summed E-state index contributed by atoms with van der Waals surface area (Å²) in [5.41, 5.74) is 4.77. The lowest BCUT2D eigenvalue weighted by Crippen LogP contribution is -2.27. The zero-order valence-corrected chi connectivity index (χ0v) is 11.8. The average Bonchev–Trinajstić information content (AvgIpc) is 3.07. The minimum Gasteiger partial charge on any atom is -0.508 e. The van der Waals surface area contributed by atoms with E-state index in [-0.39, 0.29) is 11.9 Å². The molecule has 1 aliphatic rings. The maximum absolute atomic E-state index is 12.0. The second-order valence-electron chi connectivity index (χ2n) is 4.98. The highest BCUT2D eigenvalue weighted by Crippen LogP contribution is 2.36. The van der Waals surface area contributed by atoms with Crippen molar-refractivity contribution in [3.63, 3.8) is 0 Å². The number of nitrogens with zero attached hydrogens (tertiary/aromatic N) is 1. The number of fused-ring (bicyclic) bond motifs is 1. The number of phenolic OH excluding ortho intramolecular Hbond substituents is 1. The first-order valence-corrected chi connectivity index (χ1v) is 7.65. The number of hydrogen-bond acceptors (Lipinski definition) is 4. The first-order valence-electron chi connectivity index (χ1n) is 6.71. The second-order valence-corrected chi connectivity index (χ2v) is 5.70. The largest absolute Gasteiger partial charge is 0.508 e. The highest BCUT2D eigenvalue weighted by atomic mass is 32.1. The van der Waals surface area contributed by atoms with Gasteiger partial charge >= 0.3 is 0 Å². The van der Waals surface area contributed by atoms with Crippen molar-refractivity contribution < 1.29 is 9.90 Å². The molecule has 0 saturated heterocycles. The Balaban J connectivity index is 1.60. The van der Waals surface area contributed by atoms with Gasteiger partial charge < -0.3 is 10.4 Å². The molecule has 1 amide bonds. The smallest absolute Gasteiger partial charge is 0.220 e. The number of aryl methyl sites for hydroxylation is 1. The van der Waals surface area contributed by atoms with Gasteiger partial charge in [0.1, 0.15) is 5.75 Å². The van der Waals surface area contributed by atoms with E-state index in [4.69, 9.17) is 0 Å². The molecule has 1 aliphatic carbocycles. The molecule has 0 spiro atoms. The van der Waals surface area contributed by atoms with Gasteiger partial charge in [-0.05, 0) is 36.5 Å². The summed E-state index contributed by atoms with van der Waals surface area (Å²) in [5, 5.41) is 14.8. The van der Waals surface area contributed by atoms with Gasteiger partial charge in [-0.2, -0.15) is 0 Å². The van der Waals surface area contributed by atoms with Crippen molar-refractivity contribution >= 4 is 17.2 Å². The summed E-state index contributed by atoms with van der Waals surface area (Å²) < 4.78 is 0. The molecule has 1 atom stereocenters. The SMILES string of the molecule is O=C(CCc1cscn1)N[C@@H]1CCc2c(O)cccc21. The van der Waals surface area contributed by atoms with E-state index < -0.39 is 0 Å². The molecule has 20 heavy (non-hydrogen) atoms. The van der Waals surface area contributed by atoms with Crippen LogP contribution in [-0.2, 0) is 17.6 Å². The van der Waals surface area contributed by atoms with Crippen LogP contribution >= 0.6 is 11.3 Å². The highest BCUT2D eigenvalue weighted by molar-refractivity contribution is 7.07. The Kier molecular flexibility index (Phi) is 3.69. The molecule has 5 heteroatoms. The fourth-order valence-corrected chi connectivity index (χ4v) is 3.25. The van der Waals surface area contributed by atoms with Crippen LogP contribution in [0.25, 0.3) is 0 Å². The van der Waals surface area contributed by atoms with Gasteiger partial charge in [-0.25, -0.2) is 4.98 Å². The summed E-state index contributed by atoms with van der Waals surface area (Å²) >= 11 is 1.55. The molecule has 0 bridgehead atoms. The zero-order chi connectivity index (χ0) is 13.9. The number of benzene rings is 1. The minimum atomic E-state index is 0.0278. The van der Waals surface area contributed by atoms with E-state index in [0.717, 1.165) is 29.7 Å². The van der Waals surface area contributed by atoms with E-state index in [0.29, 0.717) is 18.6 Å². The van der Waals surface area contributed by atoms with E-state index in [2.05, 4.69) is 10.3 Å². The Bertz CT molecular complexity index is 610. The van der Waals surface area contributed by atoms with Crippen LogP contribution in [0, 0.1) is 0 Å². The Morgan fingerprint density at radius 2 is 2.40 bits per heavy atom. The maximum Gasteiger partial charge on any atom is 0.220 e. The molecule has 1 aromatic heterocycles. The molecule has 3 rings (SSSR count). The Morgan fingerprint density at radius 3 is 3.20 bits per heavy atom. The normalized spacial score (nSPS) is 16.9. The third kappa shape index (κ3) is 2.67. The van der Waals surface area contributed by atoms with E-state index in [1.54, 1.807) is 22.9 Å². The van der Waals surface area contributed by atoms with Crippen LogP contribution in [-0.4, -0.2) is 16.0 Å². The molecule has 2 N–H and O–H groups in total. The number of carbonyl (C=O) groups excluding carboxylic acids is 1. The van der Waals surface area contributed by atoms with E-state index >= 15 is 0 Å².